The minimum atomic E-state index is -1.06. The number of hydrogen-bond acceptors (Lipinski definition) is 3. The van der Waals surface area contributed by atoms with E-state index in [1.807, 2.05) is 18.2 Å². The fraction of sp³-hybridized carbons (Fsp3) is 0.278. The molecule has 0 saturated carbocycles. The van der Waals surface area contributed by atoms with Gasteiger partial charge in [-0.1, -0.05) is 24.3 Å². The monoisotopic (exact) mass is 343 g/mol. The summed E-state index contributed by atoms with van der Waals surface area (Å²) in [6.07, 6.45) is 2.54. The molecule has 0 bridgehead atoms. The summed E-state index contributed by atoms with van der Waals surface area (Å²) in [5.41, 5.74) is 1.83. The molecule has 2 atom stereocenters. The van der Waals surface area contributed by atoms with Crippen molar-refractivity contribution in [1.82, 2.24) is 5.32 Å². The van der Waals surface area contributed by atoms with Gasteiger partial charge in [0.2, 0.25) is 0 Å². The third kappa shape index (κ3) is 4.14. The molecule has 2 amide bonds. The lowest BCUT2D eigenvalue weighted by atomic mass is 10.2. The molecule has 126 valence electrons. The van der Waals surface area contributed by atoms with Crippen molar-refractivity contribution in [3.63, 3.8) is 0 Å². The second-order valence-electron chi connectivity index (χ2n) is 5.85. The van der Waals surface area contributed by atoms with E-state index in [0.29, 0.717) is 10.6 Å². The Morgan fingerprint density at radius 1 is 1.17 bits per heavy atom. The highest BCUT2D eigenvalue weighted by Crippen LogP contribution is 2.20. The Morgan fingerprint density at radius 3 is 2.71 bits per heavy atom. The highest BCUT2D eigenvalue weighted by molar-refractivity contribution is 7.84. The summed E-state index contributed by atoms with van der Waals surface area (Å²) in [5, 5.41) is 5.82. The van der Waals surface area contributed by atoms with Crippen LogP contribution in [-0.2, 0) is 10.8 Å². The molecule has 2 aromatic rings. The molecule has 1 fully saturated rings. The summed E-state index contributed by atoms with van der Waals surface area (Å²) in [4.78, 5) is 15.1. The number of anilines is 2. The Balaban J connectivity index is 1.54. The number of rotatable bonds is 4. The van der Waals surface area contributed by atoms with Crippen molar-refractivity contribution in [3.8, 4) is 0 Å². The molecule has 1 aliphatic heterocycles. The first-order chi connectivity index (χ1) is 11.6. The largest absolute Gasteiger partial charge is 0.369 e. The van der Waals surface area contributed by atoms with Crippen LogP contribution in [0.25, 0.3) is 0 Å². The van der Waals surface area contributed by atoms with E-state index >= 15 is 0 Å². The van der Waals surface area contributed by atoms with Crippen molar-refractivity contribution < 1.29 is 9.00 Å². The number of carbonyl (C=O) groups excluding carboxylic acids is 1. The lowest BCUT2D eigenvalue weighted by molar-refractivity contribution is 0.249. The Kier molecular flexibility index (Phi) is 5.15. The van der Waals surface area contributed by atoms with Gasteiger partial charge in [0.25, 0.3) is 0 Å². The average Bonchev–Trinajstić information content (AvgIpc) is 3.04. The van der Waals surface area contributed by atoms with Gasteiger partial charge in [0.1, 0.15) is 0 Å². The molecule has 1 heterocycles. The third-order valence-electron chi connectivity index (χ3n) is 4.07. The van der Waals surface area contributed by atoms with Gasteiger partial charge in [-0.05, 0) is 36.8 Å². The van der Waals surface area contributed by atoms with Gasteiger partial charge < -0.3 is 15.5 Å². The lowest BCUT2D eigenvalue weighted by Gasteiger charge is -2.19. The maximum Gasteiger partial charge on any atom is 0.319 e. The summed E-state index contributed by atoms with van der Waals surface area (Å²) in [6.45, 7) is 1.73. The van der Waals surface area contributed by atoms with E-state index in [0.717, 1.165) is 19.5 Å². The highest BCUT2D eigenvalue weighted by Gasteiger charge is 2.23. The van der Waals surface area contributed by atoms with E-state index in [1.54, 1.807) is 30.5 Å². The van der Waals surface area contributed by atoms with Gasteiger partial charge in [-0.15, -0.1) is 0 Å². The van der Waals surface area contributed by atoms with E-state index in [1.165, 1.54) is 5.69 Å². The zero-order valence-corrected chi connectivity index (χ0v) is 14.4. The maximum absolute atomic E-state index is 12.2. The van der Waals surface area contributed by atoms with Crippen molar-refractivity contribution in [3.05, 3.63) is 54.6 Å². The van der Waals surface area contributed by atoms with Crippen LogP contribution in [0.5, 0.6) is 0 Å². The first kappa shape index (κ1) is 16.5. The van der Waals surface area contributed by atoms with Crippen LogP contribution in [0.1, 0.15) is 6.42 Å². The number of nitrogens with zero attached hydrogens (tertiary/aromatic N) is 1. The Hall–Kier alpha value is -2.34. The number of para-hydroxylation sites is 1. The minimum Gasteiger partial charge on any atom is -0.369 e. The van der Waals surface area contributed by atoms with Crippen LogP contribution in [-0.4, -0.2) is 35.6 Å². The summed E-state index contributed by atoms with van der Waals surface area (Å²) >= 11 is 0. The number of amides is 2. The van der Waals surface area contributed by atoms with Gasteiger partial charge in [-0.3, -0.25) is 4.21 Å². The maximum atomic E-state index is 12.2. The molecular weight excluding hydrogens is 322 g/mol. The molecule has 2 N–H and O–H groups in total. The Labute approximate surface area is 144 Å². The molecule has 0 radical (unpaired) electrons. The van der Waals surface area contributed by atoms with Crippen LogP contribution in [0.15, 0.2) is 59.5 Å². The molecule has 1 saturated heterocycles. The minimum absolute atomic E-state index is 0.119. The summed E-state index contributed by atoms with van der Waals surface area (Å²) in [6, 6.07) is 17.2. The summed E-state index contributed by atoms with van der Waals surface area (Å²) < 4.78 is 11.5. The molecule has 24 heavy (non-hydrogen) atoms. The molecule has 5 nitrogen and oxygen atoms in total. The first-order valence-electron chi connectivity index (χ1n) is 7.93. The average molecular weight is 343 g/mol. The smallest absolute Gasteiger partial charge is 0.319 e. The molecule has 0 aromatic heterocycles. The Bertz CT molecular complexity index is 736. The zero-order chi connectivity index (χ0) is 16.9. The Morgan fingerprint density at radius 2 is 1.96 bits per heavy atom. The lowest BCUT2D eigenvalue weighted by Crippen LogP contribution is -2.39. The van der Waals surface area contributed by atoms with E-state index in [4.69, 9.17) is 0 Å². The van der Waals surface area contributed by atoms with Gasteiger partial charge in [0.05, 0.1) is 0 Å². The molecule has 2 aromatic carbocycles. The van der Waals surface area contributed by atoms with Crippen molar-refractivity contribution >= 4 is 28.2 Å². The van der Waals surface area contributed by atoms with Gasteiger partial charge in [0, 0.05) is 52.5 Å². The van der Waals surface area contributed by atoms with Crippen LogP contribution in [0, 0.1) is 0 Å². The van der Waals surface area contributed by atoms with Gasteiger partial charge >= 0.3 is 6.03 Å². The molecule has 0 aliphatic carbocycles. The van der Waals surface area contributed by atoms with Crippen LogP contribution in [0.4, 0.5) is 16.2 Å². The number of benzene rings is 2. The van der Waals surface area contributed by atoms with Crippen LogP contribution in [0.3, 0.4) is 0 Å². The number of carbonyl (C=O) groups is 1. The van der Waals surface area contributed by atoms with E-state index in [-0.39, 0.29) is 12.1 Å². The summed E-state index contributed by atoms with van der Waals surface area (Å²) in [7, 11) is -1.06. The van der Waals surface area contributed by atoms with Crippen molar-refractivity contribution in [2.24, 2.45) is 0 Å². The van der Waals surface area contributed by atoms with Crippen molar-refractivity contribution in [2.45, 2.75) is 17.4 Å². The first-order valence-corrected chi connectivity index (χ1v) is 9.48. The number of hydrogen-bond donors (Lipinski definition) is 2. The van der Waals surface area contributed by atoms with Gasteiger partial charge in [-0.2, -0.15) is 0 Å². The van der Waals surface area contributed by atoms with E-state index in [2.05, 4.69) is 27.7 Å². The van der Waals surface area contributed by atoms with Gasteiger partial charge in [0.15, 0.2) is 0 Å². The molecule has 6 heteroatoms. The topological polar surface area (TPSA) is 61.4 Å². The van der Waals surface area contributed by atoms with Crippen LogP contribution >= 0.6 is 0 Å². The third-order valence-corrected chi connectivity index (χ3v) is 4.99. The van der Waals surface area contributed by atoms with Crippen LogP contribution in [0.2, 0.25) is 0 Å². The van der Waals surface area contributed by atoms with E-state index in [9.17, 15) is 9.00 Å². The number of urea groups is 1. The molecule has 3 rings (SSSR count). The second-order valence-corrected chi connectivity index (χ2v) is 7.23. The van der Waals surface area contributed by atoms with Gasteiger partial charge in [-0.25, -0.2) is 4.79 Å². The fourth-order valence-corrected chi connectivity index (χ4v) is 3.42. The highest BCUT2D eigenvalue weighted by atomic mass is 32.2. The standard InChI is InChI=1S/C18H21N3O2S/c1-24(23)17-9-5-6-14(12-17)19-18(22)20-15-10-11-21(13-15)16-7-3-2-4-8-16/h2-9,12,15H,10-11,13H2,1H3,(H2,19,20,22)/t15-,24-/m0/s1. The van der Waals surface area contributed by atoms with Crippen molar-refractivity contribution in [2.75, 3.05) is 29.6 Å². The molecule has 0 unspecified atom stereocenters. The van der Waals surface area contributed by atoms with Crippen molar-refractivity contribution in [1.29, 1.82) is 0 Å². The normalized spacial score (nSPS) is 18.2. The zero-order valence-electron chi connectivity index (χ0n) is 13.6. The van der Waals surface area contributed by atoms with Crippen LogP contribution < -0.4 is 15.5 Å². The predicted molar refractivity (Wildman–Crippen MR) is 98.0 cm³/mol. The second kappa shape index (κ2) is 7.49. The summed E-state index contributed by atoms with van der Waals surface area (Å²) in [5.74, 6) is 0. The number of nitrogens with one attached hydrogen (secondary N) is 2. The SMILES string of the molecule is C[S@](=O)c1cccc(NC(=O)N[C@H]2CCN(c3ccccc3)C2)c1. The molecule has 1 aliphatic rings. The van der Waals surface area contributed by atoms with E-state index < -0.39 is 10.8 Å². The molecule has 0 spiro atoms. The fourth-order valence-electron chi connectivity index (χ4n) is 2.86. The molecular formula is C18H21N3O2S. The quantitative estimate of drug-likeness (QED) is 0.897. The predicted octanol–water partition coefficient (Wildman–Crippen LogP) is 2.82.